The summed E-state index contributed by atoms with van der Waals surface area (Å²) in [6.45, 7) is 2.25. The Morgan fingerprint density at radius 3 is 1.31 bits per heavy atom. The predicted octanol–water partition coefficient (Wildman–Crippen LogP) is 6.28. The van der Waals surface area contributed by atoms with E-state index in [1.807, 2.05) is 0 Å². The van der Waals surface area contributed by atoms with Gasteiger partial charge in [-0.1, -0.05) is 52.4 Å². The van der Waals surface area contributed by atoms with Gasteiger partial charge in [0.05, 0.1) is 0 Å². The zero-order chi connectivity index (χ0) is 12.7. The highest BCUT2D eigenvalue weighted by atomic mass is 35.9. The molecule has 0 atom stereocenters. The minimum absolute atomic E-state index is 0.981. The summed E-state index contributed by atoms with van der Waals surface area (Å²) in [6, 6.07) is 1.96. The molecule has 0 heterocycles. The van der Waals surface area contributed by atoms with Gasteiger partial charge in [-0.2, -0.15) is 11.1 Å². The van der Waals surface area contributed by atoms with Crippen molar-refractivity contribution < 1.29 is 0 Å². The average molecular weight is 340 g/mol. The largest absolute Gasteiger partial charge is 0.341 e. The summed E-state index contributed by atoms with van der Waals surface area (Å²) in [7, 11) is 0. The molecule has 98 valence electrons. The Labute approximate surface area is 121 Å². The highest BCUT2D eigenvalue weighted by Gasteiger charge is 2.51. The number of unbranched alkanes of at least 4 members (excludes halogenated alkanes) is 4. The Balaban J connectivity index is 4.26. The molecule has 0 aliphatic rings. The Hall–Kier alpha value is 1.59. The second-order valence-corrected chi connectivity index (χ2v) is 26.2. The van der Waals surface area contributed by atoms with Gasteiger partial charge in [-0.3, -0.25) is 0 Å². The van der Waals surface area contributed by atoms with E-state index in [1.165, 1.54) is 25.7 Å². The first kappa shape index (κ1) is 17.6. The van der Waals surface area contributed by atoms with E-state index in [9.17, 15) is 0 Å². The molecule has 0 fully saturated rings. The number of hydrogen-bond acceptors (Lipinski definition) is 0. The van der Waals surface area contributed by atoms with E-state index >= 15 is 0 Å². The van der Waals surface area contributed by atoms with Crippen molar-refractivity contribution in [1.29, 1.82) is 0 Å². The van der Waals surface area contributed by atoms with Crippen molar-refractivity contribution >= 4 is 56.7 Å². The topological polar surface area (TPSA) is 0 Å². The molecule has 0 unspecified atom stereocenters. The normalized spacial score (nSPS) is 13.1. The predicted molar refractivity (Wildman–Crippen MR) is 83.6 cm³/mol. The molecule has 0 bridgehead atoms. The maximum Gasteiger partial charge on any atom is 0.341 e. The summed E-state index contributed by atoms with van der Waals surface area (Å²) in [4.78, 5) is 0. The van der Waals surface area contributed by atoms with Crippen LogP contribution in [0.5, 0.6) is 0 Å². The van der Waals surface area contributed by atoms with Gasteiger partial charge in [0.2, 0.25) is 0 Å². The standard InChI is InChI=1S/C10H22Cl4Si2/c1-3-5-7-9-15(11,16(12,13)14)10-8-6-4-2/h3-10H2,1-2H3. The minimum Gasteiger partial charge on any atom is -0.166 e. The maximum atomic E-state index is 6.69. The van der Waals surface area contributed by atoms with Crippen molar-refractivity contribution in [2.45, 2.75) is 64.5 Å². The maximum absolute atomic E-state index is 6.69. The molecule has 0 saturated heterocycles. The molecule has 0 amide bonds. The van der Waals surface area contributed by atoms with Crippen LogP contribution in [0, 0.1) is 0 Å². The number of halogens is 4. The lowest BCUT2D eigenvalue weighted by molar-refractivity contribution is 0.747. The second-order valence-electron chi connectivity index (χ2n) is 4.38. The lowest BCUT2D eigenvalue weighted by atomic mass is 10.3. The Morgan fingerprint density at radius 1 is 0.688 bits per heavy atom. The van der Waals surface area contributed by atoms with Gasteiger partial charge in [0.25, 0.3) is 0 Å². The van der Waals surface area contributed by atoms with Gasteiger partial charge in [-0.15, -0.1) is 33.2 Å². The molecule has 0 aliphatic carbocycles. The van der Waals surface area contributed by atoms with Gasteiger partial charge in [0, 0.05) is 0 Å². The fourth-order valence-corrected chi connectivity index (χ4v) is 12.8. The van der Waals surface area contributed by atoms with Crippen LogP contribution in [-0.2, 0) is 0 Å². The van der Waals surface area contributed by atoms with Crippen LogP contribution in [-0.4, -0.2) is 12.4 Å². The quantitative estimate of drug-likeness (QED) is 0.263. The second kappa shape index (κ2) is 8.65. The van der Waals surface area contributed by atoms with Crippen molar-refractivity contribution in [3.8, 4) is 0 Å². The van der Waals surface area contributed by atoms with Crippen LogP contribution < -0.4 is 0 Å². The van der Waals surface area contributed by atoms with Gasteiger partial charge in [0.1, 0.15) is 0 Å². The summed E-state index contributed by atoms with van der Waals surface area (Å²) >= 11 is 25.3. The van der Waals surface area contributed by atoms with Crippen LogP contribution in [0.15, 0.2) is 0 Å². The van der Waals surface area contributed by atoms with Crippen LogP contribution in [0.25, 0.3) is 0 Å². The third-order valence-corrected chi connectivity index (χ3v) is 26.8. The molecule has 0 nitrogen and oxygen atoms in total. The summed E-state index contributed by atoms with van der Waals surface area (Å²) in [5.41, 5.74) is -2.69. The first-order valence-corrected chi connectivity index (χ1v) is 15.6. The third kappa shape index (κ3) is 6.51. The van der Waals surface area contributed by atoms with E-state index in [2.05, 4.69) is 13.8 Å². The Kier molecular flexibility index (Phi) is 9.52. The zero-order valence-electron chi connectivity index (χ0n) is 10.2. The molecule has 0 aliphatic heterocycles. The Bertz CT molecular complexity index is 172. The van der Waals surface area contributed by atoms with Crippen LogP contribution in [0.4, 0.5) is 0 Å². The van der Waals surface area contributed by atoms with E-state index in [0.717, 1.165) is 24.9 Å². The van der Waals surface area contributed by atoms with Gasteiger partial charge < -0.3 is 0 Å². The van der Waals surface area contributed by atoms with Crippen LogP contribution in [0.2, 0.25) is 12.1 Å². The summed E-state index contributed by atoms with van der Waals surface area (Å²) < 4.78 is 0. The number of hydrogen-bond donors (Lipinski definition) is 0. The van der Waals surface area contributed by atoms with Crippen LogP contribution in [0.1, 0.15) is 52.4 Å². The SMILES string of the molecule is CCCCC[Si](Cl)(CCCCC)[Si](Cl)(Cl)Cl. The van der Waals surface area contributed by atoms with E-state index < -0.39 is 12.4 Å². The van der Waals surface area contributed by atoms with Crippen molar-refractivity contribution in [1.82, 2.24) is 0 Å². The van der Waals surface area contributed by atoms with E-state index in [0.29, 0.717) is 0 Å². The molecule has 0 spiro atoms. The summed E-state index contributed by atoms with van der Waals surface area (Å²) in [5, 5.41) is 0. The highest BCUT2D eigenvalue weighted by molar-refractivity contribution is 7.95. The van der Waals surface area contributed by atoms with Crippen molar-refractivity contribution in [3.63, 3.8) is 0 Å². The molecule has 0 saturated carbocycles. The average Bonchev–Trinajstić information content (AvgIpc) is 2.17. The summed E-state index contributed by atoms with van der Waals surface area (Å²) in [5.74, 6) is 0. The first-order chi connectivity index (χ1) is 7.37. The molecule has 16 heavy (non-hydrogen) atoms. The van der Waals surface area contributed by atoms with E-state index in [-0.39, 0.29) is 0 Å². The molecule has 6 heteroatoms. The fraction of sp³-hybridized carbons (Fsp3) is 1.00. The summed E-state index contributed by atoms with van der Waals surface area (Å²) in [6.07, 6.45) is 7.03. The molecule has 0 aromatic heterocycles. The fourth-order valence-electron chi connectivity index (χ4n) is 1.72. The number of rotatable bonds is 9. The van der Waals surface area contributed by atoms with Crippen LogP contribution >= 0.6 is 44.3 Å². The molecular formula is C10H22Cl4Si2. The monoisotopic (exact) mass is 338 g/mol. The molecule has 0 radical (unpaired) electrons. The molecule has 0 N–H and O–H groups in total. The van der Waals surface area contributed by atoms with Crippen molar-refractivity contribution in [2.24, 2.45) is 0 Å². The molecular weight excluding hydrogens is 318 g/mol. The lowest BCUT2D eigenvalue weighted by Gasteiger charge is -2.29. The minimum atomic E-state index is -2.69. The smallest absolute Gasteiger partial charge is 0.166 e. The van der Waals surface area contributed by atoms with Crippen LogP contribution in [0.3, 0.4) is 0 Å². The van der Waals surface area contributed by atoms with Gasteiger partial charge in [0.15, 0.2) is 6.90 Å². The zero-order valence-corrected chi connectivity index (χ0v) is 15.2. The van der Waals surface area contributed by atoms with Gasteiger partial charge >= 0.3 is 5.52 Å². The van der Waals surface area contributed by atoms with Gasteiger partial charge in [-0.05, 0) is 12.1 Å². The third-order valence-electron chi connectivity index (χ3n) is 2.86. The lowest BCUT2D eigenvalue weighted by Crippen LogP contribution is -2.47. The van der Waals surface area contributed by atoms with Crippen molar-refractivity contribution in [2.75, 3.05) is 0 Å². The highest BCUT2D eigenvalue weighted by Crippen LogP contribution is 2.42. The first-order valence-electron chi connectivity index (χ1n) is 6.13. The molecule has 0 rings (SSSR count). The molecule has 0 aromatic rings. The molecule has 0 aromatic carbocycles. The van der Waals surface area contributed by atoms with Gasteiger partial charge in [-0.25, -0.2) is 0 Å². The van der Waals surface area contributed by atoms with E-state index in [4.69, 9.17) is 44.3 Å². The van der Waals surface area contributed by atoms with E-state index in [1.54, 1.807) is 0 Å². The van der Waals surface area contributed by atoms with Crippen molar-refractivity contribution in [3.05, 3.63) is 0 Å². The Morgan fingerprint density at radius 2 is 1.06 bits per heavy atom.